The van der Waals surface area contributed by atoms with Crippen molar-refractivity contribution in [3.05, 3.63) is 12.5 Å². The molecule has 0 aromatic carbocycles. The van der Waals surface area contributed by atoms with E-state index in [-0.39, 0.29) is 5.88 Å². The lowest BCUT2D eigenvalue weighted by molar-refractivity contribution is 0.381. The Kier molecular flexibility index (Phi) is 25.0. The van der Waals surface area contributed by atoms with Crippen LogP contribution in [-0.2, 0) is 10.4 Å². The van der Waals surface area contributed by atoms with Crippen LogP contribution in [0.5, 0.6) is 0 Å². The van der Waals surface area contributed by atoms with Crippen LogP contribution in [0.3, 0.4) is 0 Å². The Hall–Kier alpha value is -0.790. The fourth-order valence-electron chi connectivity index (χ4n) is 1.91. The highest BCUT2D eigenvalue weighted by Crippen LogP contribution is 2.11. The maximum Gasteiger partial charge on any atom is 0.394 e. The number of hydrogen-bond donors (Lipinski definition) is 4. The van der Waals surface area contributed by atoms with Crippen molar-refractivity contribution in [1.29, 1.82) is 0 Å². The van der Waals surface area contributed by atoms with Gasteiger partial charge in [-0.05, 0) is 6.58 Å². The summed E-state index contributed by atoms with van der Waals surface area (Å²) in [5.74, 6) is -0.333. The van der Waals surface area contributed by atoms with Crippen LogP contribution in [0.2, 0.25) is 0 Å². The van der Waals surface area contributed by atoms with Crippen LogP contribution in [0.1, 0.15) is 90.9 Å². The monoisotopic (exact) mass is 355 g/mol. The molecule has 23 heavy (non-hydrogen) atoms. The van der Waals surface area contributed by atoms with Crippen LogP contribution in [0.15, 0.2) is 12.5 Å². The van der Waals surface area contributed by atoms with E-state index in [1.54, 1.807) is 0 Å². The van der Waals surface area contributed by atoms with Crippen LogP contribution in [0.25, 0.3) is 0 Å². The van der Waals surface area contributed by atoms with Crippen molar-refractivity contribution in [2.24, 2.45) is 5.73 Å². The molecule has 0 amide bonds. The zero-order valence-electron chi connectivity index (χ0n) is 14.8. The maximum atomic E-state index is 8.74. The molecule has 0 aliphatic heterocycles. The second kappa shape index (κ2) is 21.2. The first-order valence-corrected chi connectivity index (χ1v) is 9.88. The topological polar surface area (TPSA) is 121 Å². The number of aliphatic hydroxyl groups excluding tert-OH is 1. The first-order chi connectivity index (χ1) is 10.6. The van der Waals surface area contributed by atoms with E-state index < -0.39 is 10.4 Å². The number of unbranched alkanes of at least 4 members (excludes halogenated alkanes) is 11. The summed E-state index contributed by atoms with van der Waals surface area (Å²) in [6.07, 6.45) is 17.4. The van der Waals surface area contributed by atoms with Crippen molar-refractivity contribution in [2.45, 2.75) is 90.9 Å². The largest absolute Gasteiger partial charge is 0.495 e. The Morgan fingerprint density at radius 1 is 0.783 bits per heavy atom. The molecular weight excluding hydrogens is 318 g/mol. The molecule has 0 radical (unpaired) electrons. The Balaban J connectivity index is -0.000000365. The molecule has 0 atom stereocenters. The molecule has 0 saturated carbocycles. The van der Waals surface area contributed by atoms with E-state index in [0.717, 1.165) is 0 Å². The van der Waals surface area contributed by atoms with Crippen molar-refractivity contribution in [2.75, 3.05) is 0 Å². The maximum absolute atomic E-state index is 8.74. The van der Waals surface area contributed by atoms with E-state index in [9.17, 15) is 0 Å². The molecule has 0 unspecified atom stereocenters. The predicted molar refractivity (Wildman–Crippen MR) is 96.9 cm³/mol. The average Bonchev–Trinajstić information content (AvgIpc) is 2.38. The van der Waals surface area contributed by atoms with Crippen LogP contribution in [0.4, 0.5) is 0 Å². The van der Waals surface area contributed by atoms with Crippen molar-refractivity contribution < 1.29 is 22.6 Å². The molecule has 0 fully saturated rings. The summed E-state index contributed by atoms with van der Waals surface area (Å²) < 4.78 is 31.6. The summed E-state index contributed by atoms with van der Waals surface area (Å²) in [6.45, 7) is 7.46. The van der Waals surface area contributed by atoms with Crippen LogP contribution < -0.4 is 5.73 Å². The molecule has 0 aliphatic rings. The normalized spacial score (nSPS) is 10.1. The number of nitrogens with two attached hydrogens (primary N) is 1. The molecule has 142 valence electrons. The van der Waals surface area contributed by atoms with Crippen molar-refractivity contribution in [1.82, 2.24) is 0 Å². The highest BCUT2D eigenvalue weighted by atomic mass is 32.3. The second-order valence-corrected chi connectivity index (χ2v) is 6.37. The highest BCUT2D eigenvalue weighted by Gasteiger charge is 1.91. The lowest BCUT2D eigenvalue weighted by atomic mass is 10.1. The van der Waals surface area contributed by atoms with Gasteiger partial charge in [-0.15, -0.1) is 0 Å². The Bertz CT molecular complexity index is 307. The van der Waals surface area contributed by atoms with Gasteiger partial charge in [-0.2, -0.15) is 8.42 Å². The lowest BCUT2D eigenvalue weighted by Crippen LogP contribution is -1.89. The van der Waals surface area contributed by atoms with Gasteiger partial charge in [0.05, 0.1) is 0 Å². The SMILES string of the molecule is C=C(N)O.CCCCCCCCCCCCCC.O=S(=O)(O)O. The Labute approximate surface area is 142 Å². The summed E-state index contributed by atoms with van der Waals surface area (Å²) >= 11 is 0. The van der Waals surface area contributed by atoms with Gasteiger partial charge in [0.15, 0.2) is 5.88 Å². The van der Waals surface area contributed by atoms with Crippen molar-refractivity contribution >= 4 is 10.4 Å². The molecule has 0 rings (SSSR count). The first kappa shape index (κ1) is 27.1. The molecule has 0 aliphatic carbocycles. The predicted octanol–water partition coefficient (Wildman–Crippen LogP) is 5.03. The third-order valence-electron chi connectivity index (χ3n) is 2.96. The van der Waals surface area contributed by atoms with E-state index in [4.69, 9.17) is 22.6 Å². The van der Waals surface area contributed by atoms with Gasteiger partial charge in [0, 0.05) is 0 Å². The summed E-state index contributed by atoms with van der Waals surface area (Å²) in [6, 6.07) is 0. The number of rotatable bonds is 11. The minimum atomic E-state index is -4.67. The van der Waals surface area contributed by atoms with Gasteiger partial charge in [-0.1, -0.05) is 90.9 Å². The van der Waals surface area contributed by atoms with Crippen LogP contribution in [0, 0.1) is 0 Å². The summed E-state index contributed by atoms with van der Waals surface area (Å²) in [5, 5.41) is 7.64. The van der Waals surface area contributed by atoms with Gasteiger partial charge >= 0.3 is 10.4 Å². The third-order valence-corrected chi connectivity index (χ3v) is 2.96. The Morgan fingerprint density at radius 2 is 0.913 bits per heavy atom. The molecule has 0 saturated heterocycles. The third kappa shape index (κ3) is 75.1. The molecule has 7 heteroatoms. The standard InChI is InChI=1S/C14H30.C2H5NO.H2O4S/c1-3-5-7-9-11-13-14-12-10-8-6-4-2;1-2(3)4;1-5(2,3)4/h3-14H2,1-2H3;4H,1,3H2;(H2,1,2,3,4). The first-order valence-electron chi connectivity index (χ1n) is 8.48. The molecule has 0 heterocycles. The number of hydrogen-bond acceptors (Lipinski definition) is 4. The van der Waals surface area contributed by atoms with E-state index in [2.05, 4.69) is 26.2 Å². The average molecular weight is 356 g/mol. The minimum absolute atomic E-state index is 0.333. The quantitative estimate of drug-likeness (QED) is 0.234. The van der Waals surface area contributed by atoms with Gasteiger partial charge in [-0.25, -0.2) is 0 Å². The Morgan fingerprint density at radius 3 is 1.04 bits per heavy atom. The molecule has 0 spiro atoms. The zero-order valence-corrected chi connectivity index (χ0v) is 15.7. The van der Waals surface area contributed by atoms with Crippen LogP contribution >= 0.6 is 0 Å². The number of aliphatic hydroxyl groups is 1. The fourth-order valence-corrected chi connectivity index (χ4v) is 1.91. The van der Waals surface area contributed by atoms with Gasteiger partial charge in [0.25, 0.3) is 0 Å². The fraction of sp³-hybridized carbons (Fsp3) is 0.875. The van der Waals surface area contributed by atoms with Crippen molar-refractivity contribution in [3.63, 3.8) is 0 Å². The minimum Gasteiger partial charge on any atom is -0.495 e. The van der Waals surface area contributed by atoms with E-state index in [1.807, 2.05) is 0 Å². The molecular formula is C16H37NO5S. The van der Waals surface area contributed by atoms with Gasteiger partial charge in [-0.3, -0.25) is 9.11 Å². The van der Waals surface area contributed by atoms with E-state index in [1.165, 1.54) is 77.0 Å². The van der Waals surface area contributed by atoms with Gasteiger partial charge in [0.1, 0.15) is 0 Å². The molecule has 0 aromatic rings. The summed E-state index contributed by atoms with van der Waals surface area (Å²) in [4.78, 5) is 0. The highest BCUT2D eigenvalue weighted by molar-refractivity contribution is 7.79. The van der Waals surface area contributed by atoms with Crippen molar-refractivity contribution in [3.8, 4) is 0 Å². The van der Waals surface area contributed by atoms with E-state index in [0.29, 0.717) is 0 Å². The van der Waals surface area contributed by atoms with Crippen LogP contribution in [-0.4, -0.2) is 22.6 Å². The summed E-state index contributed by atoms with van der Waals surface area (Å²) in [7, 11) is -4.67. The van der Waals surface area contributed by atoms with E-state index >= 15 is 0 Å². The molecule has 0 aromatic heterocycles. The smallest absolute Gasteiger partial charge is 0.394 e. The second-order valence-electron chi connectivity index (χ2n) is 5.47. The zero-order chi connectivity index (χ0) is 18.6. The lowest BCUT2D eigenvalue weighted by Gasteiger charge is -2.01. The molecule has 0 bridgehead atoms. The van der Waals surface area contributed by atoms with Gasteiger partial charge < -0.3 is 10.8 Å². The summed E-state index contributed by atoms with van der Waals surface area (Å²) in [5.41, 5.74) is 4.47. The molecule has 6 nitrogen and oxygen atoms in total. The molecule has 5 N–H and O–H groups in total. The van der Waals surface area contributed by atoms with Gasteiger partial charge in [0.2, 0.25) is 0 Å².